The minimum atomic E-state index is 0.606. The first-order valence-corrected chi connectivity index (χ1v) is 5.27. The van der Waals surface area contributed by atoms with Gasteiger partial charge in [0, 0.05) is 25.4 Å². The van der Waals surface area contributed by atoms with Gasteiger partial charge < -0.3 is 9.84 Å². The quantitative estimate of drug-likeness (QED) is 0.803. The summed E-state index contributed by atoms with van der Waals surface area (Å²) in [6, 6.07) is 0. The number of aryl methyl sites for hydroxylation is 2. The van der Waals surface area contributed by atoms with Crippen LogP contribution < -0.4 is 5.32 Å². The van der Waals surface area contributed by atoms with Crippen molar-refractivity contribution in [2.75, 3.05) is 0 Å². The van der Waals surface area contributed by atoms with E-state index in [0.29, 0.717) is 12.4 Å². The van der Waals surface area contributed by atoms with Crippen LogP contribution in [0.25, 0.3) is 0 Å². The highest BCUT2D eigenvalue weighted by Gasteiger charge is 2.05. The Morgan fingerprint density at radius 1 is 1.44 bits per heavy atom. The molecule has 0 saturated heterocycles. The van der Waals surface area contributed by atoms with Crippen LogP contribution in [-0.2, 0) is 26.6 Å². The van der Waals surface area contributed by atoms with Crippen LogP contribution in [0.4, 0.5) is 0 Å². The Bertz CT molecular complexity index is 434. The molecule has 0 radical (unpaired) electrons. The van der Waals surface area contributed by atoms with E-state index in [0.717, 1.165) is 18.7 Å². The predicted molar refractivity (Wildman–Crippen MR) is 57.4 cm³/mol. The van der Waals surface area contributed by atoms with E-state index in [2.05, 4.69) is 32.0 Å². The fourth-order valence-corrected chi connectivity index (χ4v) is 1.61. The lowest BCUT2D eigenvalue weighted by molar-refractivity contribution is 0.407. The molecule has 0 aliphatic heterocycles. The van der Waals surface area contributed by atoms with Gasteiger partial charge in [0.15, 0.2) is 5.82 Å². The fourth-order valence-electron chi connectivity index (χ4n) is 1.61. The fraction of sp³-hybridized carbons (Fsp3) is 0.500. The average molecular weight is 221 g/mol. The molecule has 2 heterocycles. The van der Waals surface area contributed by atoms with Crippen molar-refractivity contribution in [1.29, 1.82) is 0 Å². The topological polar surface area (TPSA) is 68.8 Å². The molecule has 0 amide bonds. The van der Waals surface area contributed by atoms with Crippen LogP contribution in [0.5, 0.6) is 0 Å². The largest absolute Gasteiger partial charge is 0.343 e. The van der Waals surface area contributed by atoms with E-state index in [4.69, 9.17) is 0 Å². The first kappa shape index (κ1) is 10.8. The molecule has 0 spiro atoms. The Hall–Kier alpha value is -1.69. The SMILES string of the molecule is CCc1nn(C)cc1CNCc1ncon1. The molecule has 6 nitrogen and oxygen atoms in total. The van der Waals surface area contributed by atoms with E-state index in [1.165, 1.54) is 12.0 Å². The van der Waals surface area contributed by atoms with Gasteiger partial charge in [0.2, 0.25) is 6.39 Å². The van der Waals surface area contributed by atoms with Crippen molar-refractivity contribution in [3.8, 4) is 0 Å². The molecular formula is C10H15N5O. The zero-order valence-electron chi connectivity index (χ0n) is 9.47. The van der Waals surface area contributed by atoms with Gasteiger partial charge in [0.1, 0.15) is 0 Å². The Balaban J connectivity index is 1.89. The number of rotatable bonds is 5. The second kappa shape index (κ2) is 4.89. The molecule has 0 aliphatic carbocycles. The molecule has 0 aliphatic rings. The lowest BCUT2D eigenvalue weighted by Gasteiger charge is -2.00. The lowest BCUT2D eigenvalue weighted by atomic mass is 10.2. The maximum atomic E-state index is 4.65. The van der Waals surface area contributed by atoms with Crippen LogP contribution >= 0.6 is 0 Å². The number of hydrogen-bond donors (Lipinski definition) is 1. The molecule has 0 atom stereocenters. The summed E-state index contributed by atoms with van der Waals surface area (Å²) >= 11 is 0. The number of nitrogens with zero attached hydrogens (tertiary/aromatic N) is 4. The van der Waals surface area contributed by atoms with E-state index < -0.39 is 0 Å². The summed E-state index contributed by atoms with van der Waals surface area (Å²) in [7, 11) is 1.93. The molecule has 2 aromatic rings. The third-order valence-corrected chi connectivity index (χ3v) is 2.33. The number of hydrogen-bond acceptors (Lipinski definition) is 5. The number of nitrogens with one attached hydrogen (secondary N) is 1. The molecule has 6 heteroatoms. The monoisotopic (exact) mass is 221 g/mol. The van der Waals surface area contributed by atoms with Crippen LogP contribution in [0, 0.1) is 0 Å². The van der Waals surface area contributed by atoms with E-state index in [-0.39, 0.29) is 0 Å². The van der Waals surface area contributed by atoms with Crippen molar-refractivity contribution < 1.29 is 4.52 Å². The maximum absolute atomic E-state index is 4.65. The summed E-state index contributed by atoms with van der Waals surface area (Å²) in [6.07, 6.45) is 4.31. The van der Waals surface area contributed by atoms with Gasteiger partial charge in [-0.1, -0.05) is 12.1 Å². The summed E-state index contributed by atoms with van der Waals surface area (Å²) in [5.41, 5.74) is 2.34. The molecule has 2 rings (SSSR count). The molecule has 0 fully saturated rings. The van der Waals surface area contributed by atoms with Crippen LogP contribution in [0.2, 0.25) is 0 Å². The van der Waals surface area contributed by atoms with Crippen molar-refractivity contribution in [3.05, 3.63) is 29.7 Å². The third kappa shape index (κ3) is 2.46. The van der Waals surface area contributed by atoms with Crippen molar-refractivity contribution in [3.63, 3.8) is 0 Å². The Morgan fingerprint density at radius 3 is 3.00 bits per heavy atom. The highest BCUT2D eigenvalue weighted by Crippen LogP contribution is 2.06. The molecule has 0 aromatic carbocycles. The van der Waals surface area contributed by atoms with Gasteiger partial charge in [-0.15, -0.1) is 0 Å². The average Bonchev–Trinajstić information content (AvgIpc) is 2.88. The molecule has 1 N–H and O–H groups in total. The summed E-state index contributed by atoms with van der Waals surface area (Å²) in [5.74, 6) is 0.668. The first-order valence-electron chi connectivity index (χ1n) is 5.27. The Labute approximate surface area is 93.7 Å². The summed E-state index contributed by atoms with van der Waals surface area (Å²) in [5, 5.41) is 11.4. The van der Waals surface area contributed by atoms with Gasteiger partial charge in [-0.25, -0.2) is 0 Å². The summed E-state index contributed by atoms with van der Waals surface area (Å²) < 4.78 is 6.49. The van der Waals surface area contributed by atoms with E-state index >= 15 is 0 Å². The molecule has 2 aromatic heterocycles. The highest BCUT2D eigenvalue weighted by atomic mass is 16.5. The Kier molecular flexibility index (Phi) is 3.31. The molecule has 16 heavy (non-hydrogen) atoms. The van der Waals surface area contributed by atoms with Gasteiger partial charge in [0.05, 0.1) is 12.2 Å². The smallest absolute Gasteiger partial charge is 0.213 e. The first-order chi connectivity index (χ1) is 7.79. The maximum Gasteiger partial charge on any atom is 0.213 e. The van der Waals surface area contributed by atoms with Crippen molar-refractivity contribution in [2.45, 2.75) is 26.4 Å². The Morgan fingerprint density at radius 2 is 2.31 bits per heavy atom. The van der Waals surface area contributed by atoms with Crippen molar-refractivity contribution in [2.24, 2.45) is 7.05 Å². The highest BCUT2D eigenvalue weighted by molar-refractivity contribution is 5.16. The van der Waals surface area contributed by atoms with Crippen LogP contribution in [0.15, 0.2) is 17.1 Å². The van der Waals surface area contributed by atoms with E-state index in [1.807, 2.05) is 17.9 Å². The van der Waals surface area contributed by atoms with Crippen molar-refractivity contribution >= 4 is 0 Å². The van der Waals surface area contributed by atoms with E-state index in [9.17, 15) is 0 Å². The van der Waals surface area contributed by atoms with Crippen LogP contribution in [0.3, 0.4) is 0 Å². The third-order valence-electron chi connectivity index (χ3n) is 2.33. The zero-order valence-corrected chi connectivity index (χ0v) is 9.47. The normalized spacial score (nSPS) is 10.9. The van der Waals surface area contributed by atoms with Crippen LogP contribution in [0.1, 0.15) is 24.0 Å². The van der Waals surface area contributed by atoms with Gasteiger partial charge in [-0.3, -0.25) is 4.68 Å². The summed E-state index contributed by atoms with van der Waals surface area (Å²) in [6.45, 7) is 3.48. The van der Waals surface area contributed by atoms with Gasteiger partial charge in [-0.05, 0) is 6.42 Å². The molecular weight excluding hydrogens is 206 g/mol. The minimum Gasteiger partial charge on any atom is -0.343 e. The summed E-state index contributed by atoms with van der Waals surface area (Å²) in [4.78, 5) is 3.93. The van der Waals surface area contributed by atoms with Gasteiger partial charge in [0.25, 0.3) is 0 Å². The second-order valence-electron chi connectivity index (χ2n) is 3.58. The molecule has 0 bridgehead atoms. The molecule has 86 valence electrons. The lowest BCUT2D eigenvalue weighted by Crippen LogP contribution is -2.14. The minimum absolute atomic E-state index is 0.606. The second-order valence-corrected chi connectivity index (χ2v) is 3.58. The van der Waals surface area contributed by atoms with Gasteiger partial charge >= 0.3 is 0 Å². The molecule has 0 unspecified atom stereocenters. The van der Waals surface area contributed by atoms with Crippen molar-refractivity contribution in [1.82, 2.24) is 25.2 Å². The standard InChI is InChI=1S/C10H15N5O/c1-3-9-8(6-15(2)13-9)4-11-5-10-12-7-16-14-10/h6-7,11H,3-5H2,1-2H3. The zero-order chi connectivity index (χ0) is 11.4. The number of aromatic nitrogens is 4. The van der Waals surface area contributed by atoms with Crippen LogP contribution in [-0.4, -0.2) is 19.9 Å². The molecule has 0 saturated carbocycles. The van der Waals surface area contributed by atoms with E-state index in [1.54, 1.807) is 0 Å². The predicted octanol–water partition coefficient (Wildman–Crippen LogP) is 0.655. The van der Waals surface area contributed by atoms with Gasteiger partial charge in [-0.2, -0.15) is 10.1 Å².